The number of rotatable bonds is 5. The van der Waals surface area contributed by atoms with Gasteiger partial charge in [-0.25, -0.2) is 8.42 Å². The molecule has 0 rings (SSSR count). The second kappa shape index (κ2) is 7.13. The van der Waals surface area contributed by atoms with Crippen LogP contribution < -0.4 is 10.6 Å². The highest BCUT2D eigenvalue weighted by atomic mass is 32.2. The zero-order valence-corrected chi connectivity index (χ0v) is 12.1. The van der Waals surface area contributed by atoms with E-state index in [1.54, 1.807) is 6.19 Å². The molecule has 0 saturated carbocycles. The molecular weight excluding hydrogens is 276 g/mol. The van der Waals surface area contributed by atoms with Gasteiger partial charge in [-0.1, -0.05) is 0 Å². The van der Waals surface area contributed by atoms with Crippen molar-refractivity contribution >= 4 is 33.1 Å². The van der Waals surface area contributed by atoms with E-state index in [9.17, 15) is 13.2 Å². The Bertz CT molecular complexity index is 455. The Morgan fingerprint density at radius 1 is 1.56 bits per heavy atom. The largest absolute Gasteiger partial charge is 0.363 e. The van der Waals surface area contributed by atoms with Crippen molar-refractivity contribution < 1.29 is 13.2 Å². The van der Waals surface area contributed by atoms with Crippen LogP contribution in [-0.4, -0.2) is 56.0 Å². The molecule has 0 aliphatic heterocycles. The number of sulfone groups is 1. The van der Waals surface area contributed by atoms with Crippen LogP contribution in [0.5, 0.6) is 0 Å². The first-order valence-electron chi connectivity index (χ1n) is 5.10. The number of amides is 1. The summed E-state index contributed by atoms with van der Waals surface area (Å²) in [6.07, 6.45) is 2.63. The Morgan fingerprint density at radius 2 is 2.11 bits per heavy atom. The van der Waals surface area contributed by atoms with Gasteiger partial charge in [0.25, 0.3) is 5.91 Å². The predicted octanol–water partition coefficient (Wildman–Crippen LogP) is -1.18. The Kier molecular flexibility index (Phi) is 6.57. The standard InChI is InChI=1S/C9H16N4O3S2/c1-4-11-9(17)12-7(5-18(3,15)16)8(14)13(2)6-10/h7H,4-5H2,1-3H3,(H2,11,12,17). The topological polar surface area (TPSA) is 102 Å². The first-order chi connectivity index (χ1) is 8.21. The van der Waals surface area contributed by atoms with Crippen LogP contribution in [0.3, 0.4) is 0 Å². The second-order valence-corrected chi connectivity index (χ2v) is 6.24. The highest BCUT2D eigenvalue weighted by molar-refractivity contribution is 7.90. The Balaban J connectivity index is 4.90. The summed E-state index contributed by atoms with van der Waals surface area (Å²) in [5, 5.41) is 14.1. The smallest absolute Gasteiger partial charge is 0.258 e. The molecule has 9 heteroatoms. The van der Waals surface area contributed by atoms with Crippen molar-refractivity contribution in [1.82, 2.24) is 15.5 Å². The van der Waals surface area contributed by atoms with Gasteiger partial charge in [0.2, 0.25) is 0 Å². The molecule has 18 heavy (non-hydrogen) atoms. The van der Waals surface area contributed by atoms with Crippen LogP contribution in [0.1, 0.15) is 6.92 Å². The fourth-order valence-corrected chi connectivity index (χ4v) is 2.25. The van der Waals surface area contributed by atoms with Gasteiger partial charge in [0.1, 0.15) is 15.9 Å². The Morgan fingerprint density at radius 3 is 2.50 bits per heavy atom. The van der Waals surface area contributed by atoms with E-state index < -0.39 is 27.5 Å². The minimum absolute atomic E-state index is 0.172. The summed E-state index contributed by atoms with van der Waals surface area (Å²) in [7, 11) is -2.12. The summed E-state index contributed by atoms with van der Waals surface area (Å²) in [6.45, 7) is 2.35. The van der Waals surface area contributed by atoms with Crippen molar-refractivity contribution in [3.63, 3.8) is 0 Å². The van der Waals surface area contributed by atoms with Crippen LogP contribution in [0, 0.1) is 11.5 Å². The zero-order chi connectivity index (χ0) is 14.3. The Labute approximate surface area is 112 Å². The average molecular weight is 292 g/mol. The molecule has 0 radical (unpaired) electrons. The minimum atomic E-state index is -3.38. The van der Waals surface area contributed by atoms with Crippen molar-refractivity contribution in [2.75, 3.05) is 25.6 Å². The first-order valence-corrected chi connectivity index (χ1v) is 7.57. The number of nitrogens with one attached hydrogen (secondary N) is 2. The maximum absolute atomic E-state index is 11.8. The molecule has 1 atom stereocenters. The van der Waals surface area contributed by atoms with Crippen molar-refractivity contribution in [1.29, 1.82) is 5.26 Å². The fraction of sp³-hybridized carbons (Fsp3) is 0.667. The van der Waals surface area contributed by atoms with Gasteiger partial charge in [0.15, 0.2) is 11.3 Å². The molecule has 0 spiro atoms. The van der Waals surface area contributed by atoms with E-state index in [2.05, 4.69) is 10.6 Å². The Hall–Kier alpha value is -1.40. The van der Waals surface area contributed by atoms with Gasteiger partial charge in [-0.3, -0.25) is 9.69 Å². The molecule has 0 aromatic carbocycles. The fourth-order valence-electron chi connectivity index (χ4n) is 1.13. The molecule has 0 fully saturated rings. The summed E-state index contributed by atoms with van der Waals surface area (Å²) >= 11 is 4.89. The number of carbonyl (C=O) groups excluding carboxylic acids is 1. The highest BCUT2D eigenvalue weighted by Crippen LogP contribution is 1.97. The van der Waals surface area contributed by atoms with E-state index in [0.717, 1.165) is 11.2 Å². The second-order valence-electron chi connectivity index (χ2n) is 3.65. The van der Waals surface area contributed by atoms with E-state index in [1.807, 2.05) is 6.92 Å². The molecule has 1 unspecified atom stereocenters. The molecular formula is C9H16N4O3S2. The molecule has 7 nitrogen and oxygen atoms in total. The normalized spacial score (nSPS) is 12.1. The van der Waals surface area contributed by atoms with E-state index in [1.165, 1.54) is 7.05 Å². The summed E-state index contributed by atoms with van der Waals surface area (Å²) in [5.74, 6) is -1.08. The molecule has 0 bridgehead atoms. The van der Waals surface area contributed by atoms with Gasteiger partial charge in [-0.15, -0.1) is 0 Å². The minimum Gasteiger partial charge on any atom is -0.363 e. The van der Waals surface area contributed by atoms with Gasteiger partial charge in [-0.2, -0.15) is 5.26 Å². The summed E-state index contributed by atoms with van der Waals surface area (Å²) < 4.78 is 22.5. The van der Waals surface area contributed by atoms with Crippen molar-refractivity contribution in [2.45, 2.75) is 13.0 Å². The van der Waals surface area contributed by atoms with Crippen LogP contribution in [0.2, 0.25) is 0 Å². The number of nitrogens with zero attached hydrogens (tertiary/aromatic N) is 2. The molecule has 1 amide bonds. The maximum atomic E-state index is 11.8. The number of thiocarbonyl (C=S) groups is 1. The number of carbonyl (C=O) groups is 1. The van der Waals surface area contributed by atoms with E-state index >= 15 is 0 Å². The van der Waals surface area contributed by atoms with Gasteiger partial charge in [0.05, 0.1) is 5.75 Å². The quantitative estimate of drug-likeness (QED) is 0.374. The summed E-state index contributed by atoms with van der Waals surface area (Å²) in [6, 6.07) is -1.07. The number of hydrogen-bond donors (Lipinski definition) is 2. The van der Waals surface area contributed by atoms with Gasteiger partial charge >= 0.3 is 0 Å². The molecule has 0 aliphatic rings. The lowest BCUT2D eigenvalue weighted by molar-refractivity contribution is -0.128. The van der Waals surface area contributed by atoms with Crippen LogP contribution in [0.4, 0.5) is 0 Å². The third-order valence-corrected chi connectivity index (χ3v) is 3.09. The molecule has 2 N–H and O–H groups in total. The SMILES string of the molecule is CCNC(=S)NC(CS(C)(=O)=O)C(=O)N(C)C#N. The molecule has 0 aromatic heterocycles. The van der Waals surface area contributed by atoms with Gasteiger partial charge in [0, 0.05) is 19.8 Å². The van der Waals surface area contributed by atoms with Gasteiger partial charge < -0.3 is 10.6 Å². The van der Waals surface area contributed by atoms with Crippen LogP contribution >= 0.6 is 12.2 Å². The van der Waals surface area contributed by atoms with Crippen molar-refractivity contribution in [3.8, 4) is 6.19 Å². The van der Waals surface area contributed by atoms with Crippen molar-refractivity contribution in [2.24, 2.45) is 0 Å². The molecule has 102 valence electrons. The van der Waals surface area contributed by atoms with E-state index in [4.69, 9.17) is 17.5 Å². The van der Waals surface area contributed by atoms with Crippen LogP contribution in [0.15, 0.2) is 0 Å². The highest BCUT2D eigenvalue weighted by Gasteiger charge is 2.26. The lowest BCUT2D eigenvalue weighted by Gasteiger charge is -2.20. The predicted molar refractivity (Wildman–Crippen MR) is 71.3 cm³/mol. The number of hydrogen-bond acceptors (Lipinski definition) is 5. The maximum Gasteiger partial charge on any atom is 0.258 e. The summed E-state index contributed by atoms with van der Waals surface area (Å²) in [4.78, 5) is 12.5. The third-order valence-electron chi connectivity index (χ3n) is 1.89. The van der Waals surface area contributed by atoms with Crippen LogP contribution in [-0.2, 0) is 14.6 Å². The molecule has 0 heterocycles. The average Bonchev–Trinajstić information content (AvgIpc) is 2.24. The number of nitriles is 1. The van der Waals surface area contributed by atoms with Crippen LogP contribution in [0.25, 0.3) is 0 Å². The van der Waals surface area contributed by atoms with E-state index in [0.29, 0.717) is 6.54 Å². The monoisotopic (exact) mass is 292 g/mol. The lowest BCUT2D eigenvalue weighted by atomic mass is 10.3. The van der Waals surface area contributed by atoms with Gasteiger partial charge in [-0.05, 0) is 19.1 Å². The first kappa shape index (κ1) is 16.6. The lowest BCUT2D eigenvalue weighted by Crippen LogP contribution is -2.52. The number of likely N-dealkylation sites (N-methyl/N-ethyl adjacent to an activating group) is 1. The molecule has 0 aromatic rings. The third kappa shape index (κ3) is 6.36. The molecule has 0 saturated heterocycles. The molecule has 0 aliphatic carbocycles. The zero-order valence-electron chi connectivity index (χ0n) is 10.4. The van der Waals surface area contributed by atoms with E-state index in [-0.39, 0.29) is 5.11 Å². The summed E-state index contributed by atoms with van der Waals surface area (Å²) in [5.41, 5.74) is 0. The van der Waals surface area contributed by atoms with Crippen molar-refractivity contribution in [3.05, 3.63) is 0 Å².